The number of hydrogen-bond donors (Lipinski definition) is 1. The van der Waals surface area contributed by atoms with Crippen LogP contribution in [0.4, 0.5) is 13.2 Å². The molecule has 0 fully saturated rings. The average molecular weight is 273 g/mol. The van der Waals surface area contributed by atoms with Crippen LogP contribution in [0.25, 0.3) is 0 Å². The Morgan fingerprint density at radius 2 is 1.50 bits per heavy atom. The lowest BCUT2D eigenvalue weighted by molar-refractivity contribution is 0.214. The Kier molecular flexibility index (Phi) is 3.59. The van der Waals surface area contributed by atoms with Crippen LogP contribution >= 0.6 is 11.6 Å². The molecule has 0 saturated carbocycles. The van der Waals surface area contributed by atoms with Crippen LogP contribution in [-0.4, -0.2) is 5.11 Å². The summed E-state index contributed by atoms with van der Waals surface area (Å²) in [5, 5.41) is 10.2. The predicted octanol–water partition coefficient (Wildman–Crippen LogP) is 3.84. The monoisotopic (exact) mass is 272 g/mol. The van der Waals surface area contributed by atoms with Gasteiger partial charge in [-0.25, -0.2) is 13.2 Å². The summed E-state index contributed by atoms with van der Waals surface area (Å²) >= 11 is 5.84. The molecule has 0 saturated heterocycles. The Labute approximate surface area is 106 Å². The molecule has 1 atom stereocenters. The number of hydrogen-bond acceptors (Lipinski definition) is 1. The summed E-state index contributed by atoms with van der Waals surface area (Å²) in [7, 11) is 0. The fourth-order valence-electron chi connectivity index (χ4n) is 1.61. The van der Waals surface area contributed by atoms with Gasteiger partial charge in [0.15, 0.2) is 11.6 Å². The summed E-state index contributed by atoms with van der Waals surface area (Å²) in [6.45, 7) is 0. The minimum atomic E-state index is -1.45. The molecule has 0 aliphatic rings. The first-order chi connectivity index (χ1) is 8.50. The van der Waals surface area contributed by atoms with Crippen molar-refractivity contribution in [1.82, 2.24) is 0 Å². The number of benzene rings is 2. The molecule has 0 aliphatic heterocycles. The van der Waals surface area contributed by atoms with Gasteiger partial charge in [0.1, 0.15) is 11.9 Å². The normalized spacial score (nSPS) is 12.5. The van der Waals surface area contributed by atoms with E-state index >= 15 is 0 Å². The van der Waals surface area contributed by atoms with Crippen LogP contribution in [0, 0.1) is 17.5 Å². The second-order valence-corrected chi connectivity index (χ2v) is 4.12. The van der Waals surface area contributed by atoms with Gasteiger partial charge in [-0.3, -0.25) is 0 Å². The highest BCUT2D eigenvalue weighted by atomic mass is 35.5. The smallest absolute Gasteiger partial charge is 0.161 e. The van der Waals surface area contributed by atoms with E-state index in [4.69, 9.17) is 11.6 Å². The summed E-state index contributed by atoms with van der Waals surface area (Å²) in [6.07, 6.45) is -1.45. The molecule has 2 aromatic rings. The second kappa shape index (κ2) is 5.00. The van der Waals surface area contributed by atoms with E-state index in [9.17, 15) is 18.3 Å². The molecule has 1 N–H and O–H groups in total. The zero-order valence-electron chi connectivity index (χ0n) is 9.00. The van der Waals surface area contributed by atoms with Gasteiger partial charge >= 0.3 is 0 Å². The highest BCUT2D eigenvalue weighted by Crippen LogP contribution is 2.30. The Hall–Kier alpha value is -1.52. The number of aliphatic hydroxyl groups is 1. The van der Waals surface area contributed by atoms with E-state index in [2.05, 4.69) is 0 Å². The third-order valence-electron chi connectivity index (χ3n) is 2.53. The molecule has 1 nitrogen and oxygen atoms in total. The van der Waals surface area contributed by atoms with Gasteiger partial charge in [0, 0.05) is 22.2 Å². The summed E-state index contributed by atoms with van der Waals surface area (Å²) in [5.41, 5.74) is -0.133. The maximum Gasteiger partial charge on any atom is 0.161 e. The Morgan fingerprint density at radius 1 is 0.889 bits per heavy atom. The lowest BCUT2D eigenvalue weighted by atomic mass is 10.0. The van der Waals surface area contributed by atoms with Crippen LogP contribution in [0.15, 0.2) is 36.4 Å². The number of aliphatic hydroxyl groups excluding tert-OH is 1. The van der Waals surface area contributed by atoms with E-state index in [0.29, 0.717) is 12.1 Å². The summed E-state index contributed by atoms with van der Waals surface area (Å²) < 4.78 is 39.3. The molecule has 0 amide bonds. The lowest BCUT2D eigenvalue weighted by Gasteiger charge is -2.14. The van der Waals surface area contributed by atoms with Crippen LogP contribution in [-0.2, 0) is 0 Å². The van der Waals surface area contributed by atoms with Crippen molar-refractivity contribution in [1.29, 1.82) is 0 Å². The molecule has 0 bridgehead atoms. The quantitative estimate of drug-likeness (QED) is 0.824. The SMILES string of the molecule is OC(c1cc(F)c(F)cc1F)c1ccccc1Cl. The van der Waals surface area contributed by atoms with Crippen LogP contribution in [0.3, 0.4) is 0 Å². The van der Waals surface area contributed by atoms with Gasteiger partial charge in [-0.15, -0.1) is 0 Å². The molecule has 94 valence electrons. The van der Waals surface area contributed by atoms with Crippen molar-refractivity contribution in [3.63, 3.8) is 0 Å². The average Bonchev–Trinajstić information content (AvgIpc) is 2.33. The molecular weight excluding hydrogens is 265 g/mol. The Morgan fingerprint density at radius 3 is 2.17 bits per heavy atom. The van der Waals surface area contributed by atoms with Crippen molar-refractivity contribution < 1.29 is 18.3 Å². The van der Waals surface area contributed by atoms with Crippen molar-refractivity contribution in [2.75, 3.05) is 0 Å². The van der Waals surface area contributed by atoms with Crippen LogP contribution in [0.2, 0.25) is 5.02 Å². The molecule has 0 aromatic heterocycles. The Bertz CT molecular complexity index is 586. The number of halogens is 4. The van der Waals surface area contributed by atoms with E-state index in [-0.39, 0.29) is 16.1 Å². The van der Waals surface area contributed by atoms with Gasteiger partial charge in [-0.05, 0) is 12.1 Å². The topological polar surface area (TPSA) is 20.2 Å². The molecule has 0 spiro atoms. The van der Waals surface area contributed by atoms with Gasteiger partial charge < -0.3 is 5.11 Å². The van der Waals surface area contributed by atoms with Crippen molar-refractivity contribution in [2.45, 2.75) is 6.10 Å². The molecule has 0 aliphatic carbocycles. The zero-order chi connectivity index (χ0) is 13.3. The first-order valence-corrected chi connectivity index (χ1v) is 5.45. The third-order valence-corrected chi connectivity index (χ3v) is 2.88. The molecule has 0 radical (unpaired) electrons. The molecule has 2 aromatic carbocycles. The molecule has 1 unspecified atom stereocenters. The highest BCUT2D eigenvalue weighted by molar-refractivity contribution is 6.31. The standard InChI is InChI=1S/C13H8ClF3O/c14-9-4-2-1-3-7(9)13(18)8-5-11(16)12(17)6-10(8)15/h1-6,13,18H. The lowest BCUT2D eigenvalue weighted by Crippen LogP contribution is -2.05. The summed E-state index contributed by atoms with van der Waals surface area (Å²) in [4.78, 5) is 0. The van der Waals surface area contributed by atoms with Crippen LogP contribution in [0.1, 0.15) is 17.2 Å². The Balaban J connectivity index is 2.50. The van der Waals surface area contributed by atoms with Crippen molar-refractivity contribution in [3.8, 4) is 0 Å². The first kappa shape index (κ1) is 12.9. The van der Waals surface area contributed by atoms with Crippen LogP contribution in [0.5, 0.6) is 0 Å². The van der Waals surface area contributed by atoms with Crippen molar-refractivity contribution >= 4 is 11.6 Å². The van der Waals surface area contributed by atoms with Gasteiger partial charge in [0.2, 0.25) is 0 Å². The minimum Gasteiger partial charge on any atom is -0.383 e. The predicted molar refractivity (Wildman–Crippen MR) is 61.8 cm³/mol. The molecule has 5 heteroatoms. The van der Waals surface area contributed by atoms with Crippen molar-refractivity contribution in [3.05, 3.63) is 70.0 Å². The fourth-order valence-corrected chi connectivity index (χ4v) is 1.85. The van der Waals surface area contributed by atoms with Crippen molar-refractivity contribution in [2.24, 2.45) is 0 Å². The van der Waals surface area contributed by atoms with Gasteiger partial charge in [-0.1, -0.05) is 29.8 Å². The van der Waals surface area contributed by atoms with Gasteiger partial charge in [-0.2, -0.15) is 0 Å². The molecule has 2 rings (SSSR count). The maximum absolute atomic E-state index is 13.5. The molecular formula is C13H8ClF3O. The van der Waals surface area contributed by atoms with Crippen LogP contribution < -0.4 is 0 Å². The second-order valence-electron chi connectivity index (χ2n) is 3.71. The molecule has 0 heterocycles. The fraction of sp³-hybridized carbons (Fsp3) is 0.0769. The summed E-state index contributed by atoms with van der Waals surface area (Å²) in [5.74, 6) is -3.55. The van der Waals surface area contributed by atoms with E-state index in [1.54, 1.807) is 12.1 Å². The van der Waals surface area contributed by atoms with Gasteiger partial charge in [0.05, 0.1) is 0 Å². The molecule has 18 heavy (non-hydrogen) atoms. The minimum absolute atomic E-state index is 0.217. The first-order valence-electron chi connectivity index (χ1n) is 5.07. The number of rotatable bonds is 2. The third kappa shape index (κ3) is 2.35. The van der Waals surface area contributed by atoms with E-state index in [1.807, 2.05) is 0 Å². The zero-order valence-corrected chi connectivity index (χ0v) is 9.76. The van der Waals surface area contributed by atoms with E-state index in [0.717, 1.165) is 0 Å². The highest BCUT2D eigenvalue weighted by Gasteiger charge is 2.20. The largest absolute Gasteiger partial charge is 0.383 e. The maximum atomic E-state index is 13.5. The van der Waals surface area contributed by atoms with Gasteiger partial charge in [0.25, 0.3) is 0 Å². The summed E-state index contributed by atoms with van der Waals surface area (Å²) in [6, 6.07) is 7.25. The van der Waals surface area contributed by atoms with E-state index < -0.39 is 23.6 Å². The van der Waals surface area contributed by atoms with E-state index in [1.165, 1.54) is 12.1 Å².